The first-order chi connectivity index (χ1) is 6.61. The molecule has 0 amide bonds. The summed E-state index contributed by atoms with van der Waals surface area (Å²) in [6, 6.07) is 3.13. The van der Waals surface area contributed by atoms with Crippen LogP contribution < -0.4 is 5.56 Å². The van der Waals surface area contributed by atoms with Crippen LogP contribution in [-0.4, -0.2) is 9.55 Å². The lowest BCUT2D eigenvalue weighted by molar-refractivity contribution is 0.629. The highest BCUT2D eigenvalue weighted by atomic mass is 79.9. The molecule has 0 aliphatic carbocycles. The molecule has 0 aliphatic heterocycles. The lowest BCUT2D eigenvalue weighted by Crippen LogP contribution is -2.18. The minimum atomic E-state index is -0.559. The highest BCUT2D eigenvalue weighted by Gasteiger charge is 2.10. The van der Waals surface area contributed by atoms with Crippen LogP contribution >= 0.6 is 15.9 Å². The van der Waals surface area contributed by atoms with Crippen LogP contribution in [0.5, 0.6) is 0 Å². The van der Waals surface area contributed by atoms with E-state index in [1.54, 1.807) is 6.07 Å². The van der Waals surface area contributed by atoms with E-state index in [1.165, 1.54) is 24.0 Å². The number of rotatable bonds is 0. The lowest BCUT2D eigenvalue weighted by atomic mass is 10.2. The van der Waals surface area contributed by atoms with Gasteiger partial charge in [-0.1, -0.05) is 0 Å². The standard InChI is InChI=1S/C9H6BrFN2O/c1-13-4-12-6-3-2-5(10)8(11)7(6)9(13)14/h2-4H,1H3. The Morgan fingerprint density at radius 1 is 1.50 bits per heavy atom. The Balaban J connectivity index is 3.06. The summed E-state index contributed by atoms with van der Waals surface area (Å²) in [5.41, 5.74) is -0.0115. The van der Waals surface area contributed by atoms with Gasteiger partial charge < -0.3 is 4.57 Å². The van der Waals surface area contributed by atoms with Crippen molar-refractivity contribution in [3.05, 3.63) is 39.1 Å². The molecule has 0 fully saturated rings. The molecular weight excluding hydrogens is 251 g/mol. The van der Waals surface area contributed by atoms with Gasteiger partial charge in [0.25, 0.3) is 5.56 Å². The summed E-state index contributed by atoms with van der Waals surface area (Å²) in [5.74, 6) is -0.559. The molecule has 3 nitrogen and oxygen atoms in total. The third kappa shape index (κ3) is 1.24. The van der Waals surface area contributed by atoms with Gasteiger partial charge in [-0.25, -0.2) is 9.37 Å². The first-order valence-corrected chi connectivity index (χ1v) is 4.70. The first kappa shape index (κ1) is 9.33. The fourth-order valence-electron chi connectivity index (χ4n) is 1.23. The van der Waals surface area contributed by atoms with E-state index in [-0.39, 0.29) is 15.4 Å². The SMILES string of the molecule is Cn1cnc2ccc(Br)c(F)c2c1=O. The number of aryl methyl sites for hydroxylation is 1. The van der Waals surface area contributed by atoms with Crippen molar-refractivity contribution in [2.45, 2.75) is 0 Å². The molecule has 0 saturated heterocycles. The summed E-state index contributed by atoms with van der Waals surface area (Å²) in [4.78, 5) is 15.5. The molecule has 2 rings (SSSR count). The topological polar surface area (TPSA) is 34.9 Å². The fraction of sp³-hybridized carbons (Fsp3) is 0.111. The van der Waals surface area contributed by atoms with Crippen LogP contribution in [0.3, 0.4) is 0 Å². The minimum absolute atomic E-state index is 0.0179. The zero-order chi connectivity index (χ0) is 10.3. The average molecular weight is 257 g/mol. The Labute approximate surface area is 87.3 Å². The lowest BCUT2D eigenvalue weighted by Gasteiger charge is -2.02. The molecule has 14 heavy (non-hydrogen) atoms. The number of aromatic nitrogens is 2. The maximum absolute atomic E-state index is 13.5. The van der Waals surface area contributed by atoms with E-state index in [4.69, 9.17) is 0 Å². The van der Waals surface area contributed by atoms with Gasteiger partial charge in [-0.3, -0.25) is 4.79 Å². The molecule has 1 heterocycles. The van der Waals surface area contributed by atoms with Crippen molar-refractivity contribution in [2.75, 3.05) is 0 Å². The van der Waals surface area contributed by atoms with Crippen molar-refractivity contribution in [1.29, 1.82) is 0 Å². The molecule has 0 unspecified atom stereocenters. The molecular formula is C9H6BrFN2O. The summed E-state index contributed by atoms with van der Waals surface area (Å²) >= 11 is 3.02. The van der Waals surface area contributed by atoms with Crippen LogP contribution in [0.1, 0.15) is 0 Å². The summed E-state index contributed by atoms with van der Waals surface area (Å²) in [6.07, 6.45) is 1.37. The van der Waals surface area contributed by atoms with E-state index in [9.17, 15) is 9.18 Å². The molecule has 0 bridgehead atoms. The molecule has 0 atom stereocenters. The van der Waals surface area contributed by atoms with Gasteiger partial charge in [-0.2, -0.15) is 0 Å². The summed E-state index contributed by atoms with van der Waals surface area (Å²) in [6.45, 7) is 0. The molecule has 2 aromatic rings. The van der Waals surface area contributed by atoms with E-state index in [0.29, 0.717) is 5.52 Å². The number of halogens is 2. The van der Waals surface area contributed by atoms with Crippen LogP contribution in [0.25, 0.3) is 10.9 Å². The van der Waals surface area contributed by atoms with E-state index in [1.807, 2.05) is 0 Å². The van der Waals surface area contributed by atoms with E-state index >= 15 is 0 Å². The van der Waals surface area contributed by atoms with Gasteiger partial charge in [0.2, 0.25) is 0 Å². The van der Waals surface area contributed by atoms with Crippen LogP contribution in [0.2, 0.25) is 0 Å². The van der Waals surface area contributed by atoms with E-state index < -0.39 is 5.82 Å². The second kappa shape index (κ2) is 3.16. The molecule has 5 heteroatoms. The van der Waals surface area contributed by atoms with Crippen LogP contribution in [-0.2, 0) is 7.05 Å². The Bertz CT molecular complexity index is 559. The molecule has 0 spiro atoms. The number of hydrogen-bond acceptors (Lipinski definition) is 2. The molecule has 0 saturated carbocycles. The Morgan fingerprint density at radius 3 is 2.93 bits per heavy atom. The van der Waals surface area contributed by atoms with Crippen molar-refractivity contribution >= 4 is 26.8 Å². The molecule has 1 aromatic carbocycles. The number of hydrogen-bond donors (Lipinski definition) is 0. The monoisotopic (exact) mass is 256 g/mol. The van der Waals surface area contributed by atoms with Crippen molar-refractivity contribution in [3.8, 4) is 0 Å². The summed E-state index contributed by atoms with van der Waals surface area (Å²) in [5, 5.41) is 0.0179. The summed E-state index contributed by atoms with van der Waals surface area (Å²) < 4.78 is 15.1. The Kier molecular flexibility index (Phi) is 2.11. The molecule has 1 aromatic heterocycles. The van der Waals surface area contributed by atoms with E-state index in [2.05, 4.69) is 20.9 Å². The maximum atomic E-state index is 13.5. The Hall–Kier alpha value is -1.23. The smallest absolute Gasteiger partial charge is 0.263 e. The highest BCUT2D eigenvalue weighted by Crippen LogP contribution is 2.20. The maximum Gasteiger partial charge on any atom is 0.263 e. The number of benzene rings is 1. The van der Waals surface area contributed by atoms with Gasteiger partial charge in [0, 0.05) is 7.05 Å². The second-order valence-corrected chi connectivity index (χ2v) is 3.77. The zero-order valence-corrected chi connectivity index (χ0v) is 8.88. The van der Waals surface area contributed by atoms with Crippen LogP contribution in [0, 0.1) is 5.82 Å². The second-order valence-electron chi connectivity index (χ2n) is 2.92. The van der Waals surface area contributed by atoms with Crippen molar-refractivity contribution in [3.63, 3.8) is 0 Å². The molecule has 0 aliphatic rings. The van der Waals surface area contributed by atoms with Gasteiger partial charge in [0.15, 0.2) is 5.82 Å². The normalized spacial score (nSPS) is 10.8. The molecule has 0 N–H and O–H groups in total. The van der Waals surface area contributed by atoms with E-state index in [0.717, 1.165) is 0 Å². The van der Waals surface area contributed by atoms with Crippen molar-refractivity contribution in [2.24, 2.45) is 7.05 Å². The van der Waals surface area contributed by atoms with Gasteiger partial charge in [-0.05, 0) is 28.1 Å². The van der Waals surface area contributed by atoms with Gasteiger partial charge in [0.1, 0.15) is 5.39 Å². The third-order valence-corrected chi connectivity index (χ3v) is 2.59. The fourth-order valence-corrected chi connectivity index (χ4v) is 1.56. The van der Waals surface area contributed by atoms with Gasteiger partial charge in [-0.15, -0.1) is 0 Å². The molecule has 0 radical (unpaired) electrons. The highest BCUT2D eigenvalue weighted by molar-refractivity contribution is 9.10. The number of nitrogens with zero attached hydrogens (tertiary/aromatic N) is 2. The van der Waals surface area contributed by atoms with Gasteiger partial charge >= 0.3 is 0 Å². The van der Waals surface area contributed by atoms with Crippen molar-refractivity contribution in [1.82, 2.24) is 9.55 Å². The Morgan fingerprint density at radius 2 is 2.21 bits per heavy atom. The third-order valence-electron chi connectivity index (χ3n) is 1.98. The predicted molar refractivity (Wildman–Crippen MR) is 54.6 cm³/mol. The average Bonchev–Trinajstić information content (AvgIpc) is 2.17. The van der Waals surface area contributed by atoms with Gasteiger partial charge in [0.05, 0.1) is 16.3 Å². The predicted octanol–water partition coefficient (Wildman–Crippen LogP) is 1.84. The zero-order valence-electron chi connectivity index (χ0n) is 7.29. The first-order valence-electron chi connectivity index (χ1n) is 3.90. The van der Waals surface area contributed by atoms with Crippen LogP contribution in [0.4, 0.5) is 4.39 Å². The largest absolute Gasteiger partial charge is 0.302 e. The minimum Gasteiger partial charge on any atom is -0.302 e. The molecule has 72 valence electrons. The van der Waals surface area contributed by atoms with Crippen LogP contribution in [0.15, 0.2) is 27.7 Å². The van der Waals surface area contributed by atoms with Crippen molar-refractivity contribution < 1.29 is 4.39 Å². The number of fused-ring (bicyclic) bond motifs is 1. The quantitative estimate of drug-likeness (QED) is 0.721. The summed E-state index contributed by atoms with van der Waals surface area (Å²) in [7, 11) is 1.54.